The van der Waals surface area contributed by atoms with E-state index < -0.39 is 5.97 Å². The van der Waals surface area contributed by atoms with Gasteiger partial charge in [0.05, 0.1) is 6.42 Å². The minimum absolute atomic E-state index is 0.0979. The molecule has 1 aromatic rings. The summed E-state index contributed by atoms with van der Waals surface area (Å²) in [5.41, 5.74) is 1.47. The molecule has 0 spiro atoms. The summed E-state index contributed by atoms with van der Waals surface area (Å²) in [7, 11) is 0. The molecule has 0 fully saturated rings. The van der Waals surface area contributed by atoms with Crippen LogP contribution in [0.5, 0.6) is 0 Å². The minimum Gasteiger partial charge on any atom is -0.481 e. The van der Waals surface area contributed by atoms with Crippen LogP contribution >= 0.6 is 0 Å². The molecule has 102 valence electrons. The minimum atomic E-state index is -0.952. The summed E-state index contributed by atoms with van der Waals surface area (Å²) in [6.45, 7) is 0.888. The van der Waals surface area contributed by atoms with E-state index >= 15 is 0 Å². The van der Waals surface area contributed by atoms with E-state index in [0.29, 0.717) is 25.1 Å². The fourth-order valence-corrected chi connectivity index (χ4v) is 2.12. The Bertz CT molecular complexity index is 505. The van der Waals surface area contributed by atoms with E-state index in [4.69, 9.17) is 5.11 Å². The average molecular weight is 266 g/mol. The molecule has 1 heterocycles. The number of benzene rings is 1. The van der Waals surface area contributed by atoms with E-state index in [-0.39, 0.29) is 24.8 Å². The fourth-order valence-electron chi connectivity index (χ4n) is 2.12. The zero-order valence-corrected chi connectivity index (χ0v) is 10.4. The second-order valence-electron chi connectivity index (χ2n) is 4.42. The Balaban J connectivity index is 1.94. The fraction of sp³-hybridized carbons (Fsp3) is 0.385. The molecular weight excluding hydrogens is 251 g/mol. The largest absolute Gasteiger partial charge is 0.481 e. The van der Waals surface area contributed by atoms with Gasteiger partial charge < -0.3 is 15.3 Å². The molecule has 0 aromatic heterocycles. The van der Waals surface area contributed by atoms with Crippen molar-refractivity contribution in [3.8, 4) is 0 Å². The molecule has 6 heteroatoms. The molecule has 2 amide bonds. The van der Waals surface area contributed by atoms with Gasteiger partial charge in [0.25, 0.3) is 0 Å². The van der Waals surface area contributed by atoms with Gasteiger partial charge in [-0.2, -0.15) is 0 Å². The highest BCUT2D eigenvalue weighted by atomic mass is 19.1. The lowest BCUT2D eigenvalue weighted by molar-refractivity contribution is -0.136. The van der Waals surface area contributed by atoms with Crippen LogP contribution < -0.4 is 5.32 Å². The number of aliphatic carboxylic acids is 1. The third-order valence-electron chi connectivity index (χ3n) is 3.11. The molecule has 1 aromatic carbocycles. The molecule has 2 N–H and O–H groups in total. The van der Waals surface area contributed by atoms with E-state index in [9.17, 15) is 14.0 Å². The number of urea groups is 1. The third kappa shape index (κ3) is 3.21. The van der Waals surface area contributed by atoms with Crippen LogP contribution in [0.2, 0.25) is 0 Å². The summed E-state index contributed by atoms with van der Waals surface area (Å²) < 4.78 is 13.5. The first-order chi connectivity index (χ1) is 9.08. The van der Waals surface area contributed by atoms with Gasteiger partial charge in [0.15, 0.2) is 0 Å². The van der Waals surface area contributed by atoms with Gasteiger partial charge in [0.1, 0.15) is 5.82 Å². The van der Waals surface area contributed by atoms with Crippen LogP contribution in [-0.4, -0.2) is 35.1 Å². The van der Waals surface area contributed by atoms with Gasteiger partial charge in [-0.05, 0) is 23.6 Å². The van der Waals surface area contributed by atoms with Gasteiger partial charge in [-0.1, -0.05) is 12.1 Å². The highest BCUT2D eigenvalue weighted by molar-refractivity contribution is 5.75. The summed E-state index contributed by atoms with van der Waals surface area (Å²) in [6.07, 6.45) is 0.374. The van der Waals surface area contributed by atoms with Crippen molar-refractivity contribution in [1.29, 1.82) is 0 Å². The van der Waals surface area contributed by atoms with Crippen molar-refractivity contribution in [1.82, 2.24) is 10.2 Å². The molecule has 0 unspecified atom stereocenters. The molecule has 0 radical (unpaired) electrons. The number of rotatable bonds is 3. The number of fused-ring (bicyclic) bond motifs is 1. The first-order valence-corrected chi connectivity index (χ1v) is 6.09. The summed E-state index contributed by atoms with van der Waals surface area (Å²) in [6, 6.07) is 4.53. The molecule has 0 atom stereocenters. The number of carbonyl (C=O) groups excluding carboxylic acids is 1. The van der Waals surface area contributed by atoms with Crippen molar-refractivity contribution >= 4 is 12.0 Å². The van der Waals surface area contributed by atoms with Crippen molar-refractivity contribution in [3.63, 3.8) is 0 Å². The molecule has 2 rings (SSSR count). The predicted octanol–water partition coefficient (Wildman–Crippen LogP) is 1.37. The van der Waals surface area contributed by atoms with Crippen LogP contribution in [0.1, 0.15) is 17.5 Å². The van der Waals surface area contributed by atoms with Crippen LogP contribution in [0.3, 0.4) is 0 Å². The molecular formula is C13H15FN2O3. The van der Waals surface area contributed by atoms with Crippen LogP contribution in [0, 0.1) is 5.82 Å². The van der Waals surface area contributed by atoms with Gasteiger partial charge in [0, 0.05) is 19.6 Å². The zero-order valence-electron chi connectivity index (χ0n) is 10.4. The van der Waals surface area contributed by atoms with E-state index in [2.05, 4.69) is 5.32 Å². The molecule has 1 aliphatic rings. The SMILES string of the molecule is O=C(O)CCNC(=O)N1CCc2c(F)cccc2C1. The zero-order chi connectivity index (χ0) is 13.8. The Morgan fingerprint density at radius 2 is 2.21 bits per heavy atom. The number of amides is 2. The number of nitrogens with one attached hydrogen (secondary N) is 1. The number of nitrogens with zero attached hydrogens (tertiary/aromatic N) is 1. The summed E-state index contributed by atoms with van der Waals surface area (Å²) in [5.74, 6) is -1.19. The second-order valence-corrected chi connectivity index (χ2v) is 4.42. The Morgan fingerprint density at radius 3 is 2.95 bits per heavy atom. The maximum Gasteiger partial charge on any atom is 0.317 e. The lowest BCUT2D eigenvalue weighted by Gasteiger charge is -2.29. The Hall–Kier alpha value is -2.11. The third-order valence-corrected chi connectivity index (χ3v) is 3.11. The Labute approximate surface area is 110 Å². The first-order valence-electron chi connectivity index (χ1n) is 6.09. The van der Waals surface area contributed by atoms with Crippen molar-refractivity contribution in [2.24, 2.45) is 0 Å². The van der Waals surface area contributed by atoms with Crippen molar-refractivity contribution < 1.29 is 19.1 Å². The normalized spacial score (nSPS) is 13.8. The quantitative estimate of drug-likeness (QED) is 0.868. The summed E-state index contributed by atoms with van der Waals surface area (Å²) in [4.78, 5) is 23.7. The second kappa shape index (κ2) is 5.69. The van der Waals surface area contributed by atoms with Gasteiger partial charge >= 0.3 is 12.0 Å². The molecule has 5 nitrogen and oxygen atoms in total. The van der Waals surface area contributed by atoms with Crippen LogP contribution in [-0.2, 0) is 17.8 Å². The smallest absolute Gasteiger partial charge is 0.317 e. The van der Waals surface area contributed by atoms with Gasteiger partial charge in [-0.3, -0.25) is 4.79 Å². The van der Waals surface area contributed by atoms with Crippen molar-refractivity contribution in [2.75, 3.05) is 13.1 Å². The molecule has 0 saturated heterocycles. The number of carbonyl (C=O) groups is 2. The number of hydrogen-bond donors (Lipinski definition) is 2. The topological polar surface area (TPSA) is 69.6 Å². The van der Waals surface area contributed by atoms with E-state index in [1.807, 2.05) is 0 Å². The molecule has 1 aliphatic heterocycles. The van der Waals surface area contributed by atoms with Crippen LogP contribution in [0.4, 0.5) is 9.18 Å². The molecule has 0 saturated carbocycles. The lowest BCUT2D eigenvalue weighted by atomic mass is 9.99. The van der Waals surface area contributed by atoms with E-state index in [1.165, 1.54) is 6.07 Å². The first kappa shape index (κ1) is 13.3. The number of carboxylic acid groups (broad SMARTS) is 1. The van der Waals surface area contributed by atoms with Crippen molar-refractivity contribution in [2.45, 2.75) is 19.4 Å². The maximum atomic E-state index is 13.5. The molecule has 0 aliphatic carbocycles. The van der Waals surface area contributed by atoms with Crippen molar-refractivity contribution in [3.05, 3.63) is 35.1 Å². The Morgan fingerprint density at radius 1 is 1.42 bits per heavy atom. The van der Waals surface area contributed by atoms with Crippen LogP contribution in [0.25, 0.3) is 0 Å². The highest BCUT2D eigenvalue weighted by Gasteiger charge is 2.22. The average Bonchev–Trinajstić information content (AvgIpc) is 2.38. The standard InChI is InChI=1S/C13H15FN2O3/c14-11-3-1-2-9-8-16(7-5-10(9)11)13(19)15-6-4-12(17)18/h1-3H,4-8H2,(H,15,19)(H,17,18). The highest BCUT2D eigenvalue weighted by Crippen LogP contribution is 2.21. The summed E-state index contributed by atoms with van der Waals surface area (Å²) in [5, 5.41) is 11.0. The van der Waals surface area contributed by atoms with E-state index in [0.717, 1.165) is 5.56 Å². The van der Waals surface area contributed by atoms with Gasteiger partial charge in [-0.15, -0.1) is 0 Å². The van der Waals surface area contributed by atoms with Crippen LogP contribution in [0.15, 0.2) is 18.2 Å². The number of halogens is 1. The van der Waals surface area contributed by atoms with E-state index in [1.54, 1.807) is 17.0 Å². The molecule has 0 bridgehead atoms. The number of carboxylic acids is 1. The lowest BCUT2D eigenvalue weighted by Crippen LogP contribution is -2.43. The molecule has 19 heavy (non-hydrogen) atoms. The predicted molar refractivity (Wildman–Crippen MR) is 66.2 cm³/mol. The summed E-state index contributed by atoms with van der Waals surface area (Å²) >= 11 is 0. The number of hydrogen-bond acceptors (Lipinski definition) is 2. The van der Waals surface area contributed by atoms with Gasteiger partial charge in [-0.25, -0.2) is 9.18 Å². The monoisotopic (exact) mass is 266 g/mol. The van der Waals surface area contributed by atoms with Gasteiger partial charge in [0.2, 0.25) is 0 Å². The maximum absolute atomic E-state index is 13.5. The Kier molecular flexibility index (Phi) is 3.99.